The van der Waals surface area contributed by atoms with E-state index in [0.29, 0.717) is 18.6 Å². The third-order valence-electron chi connectivity index (χ3n) is 1.71. The number of para-hydroxylation sites is 1. The molecule has 0 amide bonds. The molecule has 0 saturated heterocycles. The fourth-order valence-corrected chi connectivity index (χ4v) is 1.11. The molecule has 0 fully saturated rings. The van der Waals surface area contributed by atoms with Crippen molar-refractivity contribution < 1.29 is 14.6 Å². The van der Waals surface area contributed by atoms with Gasteiger partial charge in [-0.3, -0.25) is 0 Å². The van der Waals surface area contributed by atoms with Gasteiger partial charge < -0.3 is 9.84 Å². The second-order valence-corrected chi connectivity index (χ2v) is 2.68. The molecule has 3 nitrogen and oxygen atoms in total. The summed E-state index contributed by atoms with van der Waals surface area (Å²) < 4.78 is 4.59. The molecule has 0 unspecified atom stereocenters. The largest absolute Gasteiger partial charge is 0.511 e. The van der Waals surface area contributed by atoms with Crippen LogP contribution in [-0.4, -0.2) is 11.3 Å². The van der Waals surface area contributed by atoms with Gasteiger partial charge in [-0.1, -0.05) is 18.2 Å². The van der Waals surface area contributed by atoms with Gasteiger partial charge in [-0.25, -0.2) is 4.79 Å². The van der Waals surface area contributed by atoms with Crippen LogP contribution >= 0.6 is 0 Å². The number of carbonyl (C=O) groups is 1. The third-order valence-corrected chi connectivity index (χ3v) is 1.71. The molecule has 0 aliphatic heterocycles. The average Bonchev–Trinajstić information content (AvgIpc) is 2.16. The summed E-state index contributed by atoms with van der Waals surface area (Å²) in [6, 6.07) is 6.95. The molecule has 0 aliphatic rings. The van der Waals surface area contributed by atoms with E-state index in [-0.39, 0.29) is 0 Å². The topological polar surface area (TPSA) is 46.5 Å². The zero-order chi connectivity index (χ0) is 10.4. The molecule has 0 spiro atoms. The molecule has 1 N–H and O–H groups in total. The maximum absolute atomic E-state index is 10.3. The van der Waals surface area contributed by atoms with Gasteiger partial charge in [0.1, 0.15) is 5.75 Å². The Hall–Kier alpha value is -1.95. The highest BCUT2D eigenvalue weighted by Crippen LogP contribution is 2.19. The molecule has 3 heteroatoms. The second-order valence-electron chi connectivity index (χ2n) is 2.68. The number of rotatable bonds is 3. The van der Waals surface area contributed by atoms with Crippen molar-refractivity contribution in [2.45, 2.75) is 12.8 Å². The molecule has 0 radical (unpaired) electrons. The molecule has 0 heterocycles. The van der Waals surface area contributed by atoms with Gasteiger partial charge in [0.25, 0.3) is 0 Å². The number of carboxylic acid groups (broad SMARTS) is 1. The van der Waals surface area contributed by atoms with E-state index < -0.39 is 6.16 Å². The second kappa shape index (κ2) is 4.93. The lowest BCUT2D eigenvalue weighted by Gasteiger charge is -2.05. The SMILES string of the molecule is C#CCCc1ccccc1OC(=O)O. The quantitative estimate of drug-likeness (QED) is 0.452. The number of terminal acetylenes is 1. The van der Waals surface area contributed by atoms with Crippen molar-refractivity contribution >= 4 is 6.16 Å². The van der Waals surface area contributed by atoms with E-state index in [9.17, 15) is 4.79 Å². The van der Waals surface area contributed by atoms with Crippen LogP contribution in [0.15, 0.2) is 24.3 Å². The van der Waals surface area contributed by atoms with Gasteiger partial charge in [-0.15, -0.1) is 12.3 Å². The molecule has 0 aliphatic carbocycles. The summed E-state index contributed by atoms with van der Waals surface area (Å²) in [6.45, 7) is 0. The Morgan fingerprint density at radius 3 is 2.86 bits per heavy atom. The van der Waals surface area contributed by atoms with Gasteiger partial charge in [0.15, 0.2) is 0 Å². The number of aryl methyl sites for hydroxylation is 1. The summed E-state index contributed by atoms with van der Waals surface area (Å²) in [5.41, 5.74) is 0.813. The van der Waals surface area contributed by atoms with Crippen LogP contribution in [0.1, 0.15) is 12.0 Å². The van der Waals surface area contributed by atoms with Gasteiger partial charge in [0.05, 0.1) is 0 Å². The van der Waals surface area contributed by atoms with Crippen LogP contribution in [0.3, 0.4) is 0 Å². The fraction of sp³-hybridized carbons (Fsp3) is 0.182. The van der Waals surface area contributed by atoms with E-state index in [1.165, 1.54) is 0 Å². The van der Waals surface area contributed by atoms with Crippen LogP contribution in [-0.2, 0) is 6.42 Å². The molecule has 1 rings (SSSR count). The van der Waals surface area contributed by atoms with Crippen molar-refractivity contribution in [3.05, 3.63) is 29.8 Å². The minimum Gasteiger partial charge on any atom is -0.449 e. The first-order valence-corrected chi connectivity index (χ1v) is 4.16. The first-order valence-electron chi connectivity index (χ1n) is 4.16. The van der Waals surface area contributed by atoms with E-state index in [4.69, 9.17) is 11.5 Å². The Labute approximate surface area is 82.3 Å². The van der Waals surface area contributed by atoms with Crippen LogP contribution in [0.5, 0.6) is 5.75 Å². The Morgan fingerprint density at radius 1 is 1.50 bits per heavy atom. The van der Waals surface area contributed by atoms with Crippen molar-refractivity contribution in [1.29, 1.82) is 0 Å². The number of benzene rings is 1. The fourth-order valence-electron chi connectivity index (χ4n) is 1.11. The lowest BCUT2D eigenvalue weighted by atomic mass is 10.1. The lowest BCUT2D eigenvalue weighted by Crippen LogP contribution is -2.05. The summed E-state index contributed by atoms with van der Waals surface area (Å²) in [6.07, 6.45) is 5.01. The van der Waals surface area contributed by atoms with Gasteiger partial charge in [-0.05, 0) is 18.1 Å². The van der Waals surface area contributed by atoms with Gasteiger partial charge in [-0.2, -0.15) is 0 Å². The predicted octanol–water partition coefficient (Wildman–Crippen LogP) is 2.31. The molecule has 0 atom stereocenters. The van der Waals surface area contributed by atoms with Gasteiger partial charge >= 0.3 is 6.16 Å². The first kappa shape index (κ1) is 10.1. The highest BCUT2D eigenvalue weighted by atomic mass is 16.7. The molecular formula is C11H10O3. The highest BCUT2D eigenvalue weighted by molar-refractivity contribution is 5.62. The number of hydrogen-bond acceptors (Lipinski definition) is 2. The Morgan fingerprint density at radius 2 is 2.21 bits per heavy atom. The Balaban J connectivity index is 2.81. The normalized spacial score (nSPS) is 9.07. The lowest BCUT2D eigenvalue weighted by molar-refractivity contribution is 0.144. The van der Waals surface area contributed by atoms with E-state index in [2.05, 4.69) is 10.7 Å². The van der Waals surface area contributed by atoms with Crippen molar-refractivity contribution in [2.75, 3.05) is 0 Å². The first-order chi connectivity index (χ1) is 6.74. The van der Waals surface area contributed by atoms with Crippen LogP contribution in [0, 0.1) is 12.3 Å². The average molecular weight is 190 g/mol. The third kappa shape index (κ3) is 2.83. The Kier molecular flexibility index (Phi) is 3.57. The standard InChI is InChI=1S/C11H10O3/c1-2-3-6-9-7-4-5-8-10(9)14-11(12)13/h1,4-5,7-8H,3,6H2,(H,12,13). The zero-order valence-electron chi connectivity index (χ0n) is 7.56. The van der Waals surface area contributed by atoms with E-state index in [1.807, 2.05) is 6.07 Å². The van der Waals surface area contributed by atoms with Gasteiger partial charge in [0.2, 0.25) is 0 Å². The highest BCUT2D eigenvalue weighted by Gasteiger charge is 2.05. The minimum absolute atomic E-state index is 0.357. The number of hydrogen-bond donors (Lipinski definition) is 1. The van der Waals surface area contributed by atoms with Crippen molar-refractivity contribution in [3.63, 3.8) is 0 Å². The number of ether oxygens (including phenoxy) is 1. The molecule has 1 aromatic carbocycles. The summed E-state index contributed by atoms with van der Waals surface area (Å²) in [7, 11) is 0. The van der Waals surface area contributed by atoms with Crippen molar-refractivity contribution in [3.8, 4) is 18.1 Å². The Bertz CT molecular complexity index is 363. The zero-order valence-corrected chi connectivity index (χ0v) is 7.56. The van der Waals surface area contributed by atoms with Crippen LogP contribution in [0.25, 0.3) is 0 Å². The van der Waals surface area contributed by atoms with Crippen LogP contribution in [0.2, 0.25) is 0 Å². The van der Waals surface area contributed by atoms with Crippen LogP contribution in [0.4, 0.5) is 4.79 Å². The van der Waals surface area contributed by atoms with Crippen LogP contribution < -0.4 is 4.74 Å². The maximum atomic E-state index is 10.3. The maximum Gasteiger partial charge on any atom is 0.511 e. The molecule has 0 aromatic heterocycles. The van der Waals surface area contributed by atoms with E-state index >= 15 is 0 Å². The van der Waals surface area contributed by atoms with E-state index in [1.54, 1.807) is 18.2 Å². The summed E-state index contributed by atoms with van der Waals surface area (Å²) in [5.74, 6) is 2.85. The summed E-state index contributed by atoms with van der Waals surface area (Å²) in [4.78, 5) is 10.3. The predicted molar refractivity (Wildman–Crippen MR) is 52.2 cm³/mol. The molecule has 1 aromatic rings. The smallest absolute Gasteiger partial charge is 0.449 e. The molecule has 0 bridgehead atoms. The van der Waals surface area contributed by atoms with E-state index in [0.717, 1.165) is 5.56 Å². The van der Waals surface area contributed by atoms with Crippen molar-refractivity contribution in [1.82, 2.24) is 0 Å². The van der Waals surface area contributed by atoms with Gasteiger partial charge in [0, 0.05) is 6.42 Å². The molecule has 14 heavy (non-hydrogen) atoms. The monoisotopic (exact) mass is 190 g/mol. The minimum atomic E-state index is -1.31. The molecule has 0 saturated carbocycles. The molecular weight excluding hydrogens is 180 g/mol. The van der Waals surface area contributed by atoms with Crippen molar-refractivity contribution in [2.24, 2.45) is 0 Å². The summed E-state index contributed by atoms with van der Waals surface area (Å²) in [5, 5.41) is 8.45. The molecule has 72 valence electrons. The summed E-state index contributed by atoms with van der Waals surface area (Å²) >= 11 is 0.